The highest BCUT2D eigenvalue weighted by Crippen LogP contribution is 2.29. The fourth-order valence-corrected chi connectivity index (χ4v) is 4.07. The molecular formula is C9H19NO2S. The molecule has 1 aliphatic rings. The molecule has 2 unspecified atom stereocenters. The van der Waals surface area contributed by atoms with Crippen LogP contribution in [0.5, 0.6) is 0 Å². The van der Waals surface area contributed by atoms with Crippen molar-refractivity contribution in [2.75, 3.05) is 18.1 Å². The molecule has 1 aliphatic heterocycles. The van der Waals surface area contributed by atoms with Crippen molar-refractivity contribution in [3.8, 4) is 0 Å². The monoisotopic (exact) mass is 205 g/mol. The van der Waals surface area contributed by atoms with E-state index < -0.39 is 9.84 Å². The Kier molecular flexibility index (Phi) is 3.35. The molecule has 0 bridgehead atoms. The summed E-state index contributed by atoms with van der Waals surface area (Å²) in [6.45, 7) is 4.84. The van der Waals surface area contributed by atoms with E-state index in [1.165, 1.54) is 0 Å². The maximum absolute atomic E-state index is 11.2. The van der Waals surface area contributed by atoms with Crippen LogP contribution in [-0.4, -0.2) is 26.5 Å². The van der Waals surface area contributed by atoms with E-state index in [2.05, 4.69) is 13.8 Å². The SMILES string of the molecule is CC(C)C(CN)C1CCS(=O)(=O)C1. The van der Waals surface area contributed by atoms with E-state index in [9.17, 15) is 8.42 Å². The van der Waals surface area contributed by atoms with E-state index in [1.54, 1.807) is 0 Å². The van der Waals surface area contributed by atoms with E-state index in [0.717, 1.165) is 6.42 Å². The van der Waals surface area contributed by atoms with E-state index in [-0.39, 0.29) is 0 Å². The lowest BCUT2D eigenvalue weighted by atomic mass is 9.83. The van der Waals surface area contributed by atoms with Crippen molar-refractivity contribution in [1.29, 1.82) is 0 Å². The first-order valence-corrected chi connectivity index (χ1v) is 6.69. The van der Waals surface area contributed by atoms with Gasteiger partial charge in [0.05, 0.1) is 11.5 Å². The lowest BCUT2D eigenvalue weighted by molar-refractivity contribution is 0.284. The first-order chi connectivity index (χ1) is 5.96. The lowest BCUT2D eigenvalue weighted by Crippen LogP contribution is -2.28. The van der Waals surface area contributed by atoms with Gasteiger partial charge < -0.3 is 5.73 Å². The third-order valence-corrected chi connectivity index (χ3v) is 4.80. The first-order valence-electron chi connectivity index (χ1n) is 4.87. The van der Waals surface area contributed by atoms with Crippen LogP contribution in [0.2, 0.25) is 0 Å². The predicted molar refractivity (Wildman–Crippen MR) is 54.1 cm³/mol. The van der Waals surface area contributed by atoms with Crippen LogP contribution in [0.15, 0.2) is 0 Å². The van der Waals surface area contributed by atoms with Crippen molar-refractivity contribution in [2.45, 2.75) is 20.3 Å². The zero-order valence-corrected chi connectivity index (χ0v) is 9.18. The number of rotatable bonds is 3. The van der Waals surface area contributed by atoms with Gasteiger partial charge in [0.1, 0.15) is 0 Å². The minimum Gasteiger partial charge on any atom is -0.330 e. The quantitative estimate of drug-likeness (QED) is 0.736. The van der Waals surface area contributed by atoms with Crippen LogP contribution in [0.4, 0.5) is 0 Å². The van der Waals surface area contributed by atoms with Crippen LogP contribution < -0.4 is 5.73 Å². The summed E-state index contributed by atoms with van der Waals surface area (Å²) in [5, 5.41) is 0. The van der Waals surface area contributed by atoms with Crippen LogP contribution in [0.3, 0.4) is 0 Å². The Morgan fingerprint density at radius 3 is 2.38 bits per heavy atom. The third kappa shape index (κ3) is 2.68. The lowest BCUT2D eigenvalue weighted by Gasteiger charge is -2.24. The molecule has 1 heterocycles. The van der Waals surface area contributed by atoms with E-state index in [4.69, 9.17) is 5.73 Å². The molecule has 1 rings (SSSR count). The zero-order valence-electron chi connectivity index (χ0n) is 8.36. The summed E-state index contributed by atoms with van der Waals surface area (Å²) in [6, 6.07) is 0. The van der Waals surface area contributed by atoms with Crippen LogP contribution in [0, 0.1) is 17.8 Å². The largest absolute Gasteiger partial charge is 0.330 e. The fraction of sp³-hybridized carbons (Fsp3) is 1.00. The van der Waals surface area contributed by atoms with Crippen molar-refractivity contribution in [2.24, 2.45) is 23.5 Å². The summed E-state index contributed by atoms with van der Waals surface area (Å²) in [5.74, 6) is 1.88. The maximum Gasteiger partial charge on any atom is 0.150 e. The van der Waals surface area contributed by atoms with Crippen molar-refractivity contribution >= 4 is 9.84 Å². The van der Waals surface area contributed by atoms with Gasteiger partial charge in [-0.3, -0.25) is 0 Å². The Balaban J connectivity index is 2.63. The molecule has 4 heteroatoms. The molecule has 1 fully saturated rings. The minimum absolute atomic E-state index is 0.301. The smallest absolute Gasteiger partial charge is 0.150 e. The van der Waals surface area contributed by atoms with Gasteiger partial charge in [0.15, 0.2) is 9.84 Å². The molecule has 2 N–H and O–H groups in total. The molecule has 0 aromatic heterocycles. The van der Waals surface area contributed by atoms with Gasteiger partial charge in [-0.25, -0.2) is 8.42 Å². The zero-order chi connectivity index (χ0) is 10.1. The average molecular weight is 205 g/mol. The summed E-state index contributed by atoms with van der Waals surface area (Å²) in [4.78, 5) is 0. The summed E-state index contributed by atoms with van der Waals surface area (Å²) in [5.41, 5.74) is 5.65. The van der Waals surface area contributed by atoms with Gasteiger partial charge in [-0.1, -0.05) is 13.8 Å². The number of sulfone groups is 1. The van der Waals surface area contributed by atoms with Gasteiger partial charge in [0, 0.05) is 0 Å². The normalized spacial score (nSPS) is 29.4. The standard InChI is InChI=1S/C9H19NO2S/c1-7(2)9(5-10)8-3-4-13(11,12)6-8/h7-9H,3-6,10H2,1-2H3. The topological polar surface area (TPSA) is 60.2 Å². The molecule has 0 amide bonds. The van der Waals surface area contributed by atoms with Crippen molar-refractivity contribution in [1.82, 2.24) is 0 Å². The van der Waals surface area contributed by atoms with Crippen molar-refractivity contribution in [3.63, 3.8) is 0 Å². The Morgan fingerprint density at radius 1 is 1.46 bits per heavy atom. The summed E-state index contributed by atoms with van der Waals surface area (Å²) >= 11 is 0. The second-order valence-corrected chi connectivity index (χ2v) is 6.54. The Hall–Kier alpha value is -0.0900. The van der Waals surface area contributed by atoms with E-state index in [0.29, 0.717) is 35.8 Å². The van der Waals surface area contributed by atoms with Crippen molar-refractivity contribution in [3.05, 3.63) is 0 Å². The summed E-state index contributed by atoms with van der Waals surface area (Å²) in [6.07, 6.45) is 0.808. The van der Waals surface area contributed by atoms with Gasteiger partial charge in [-0.15, -0.1) is 0 Å². The molecule has 13 heavy (non-hydrogen) atoms. The number of hydrogen-bond acceptors (Lipinski definition) is 3. The highest BCUT2D eigenvalue weighted by Gasteiger charge is 2.34. The highest BCUT2D eigenvalue weighted by molar-refractivity contribution is 7.91. The number of hydrogen-bond donors (Lipinski definition) is 1. The Labute approximate surface area is 80.6 Å². The molecule has 3 nitrogen and oxygen atoms in total. The molecule has 0 aromatic rings. The van der Waals surface area contributed by atoms with Crippen LogP contribution >= 0.6 is 0 Å². The maximum atomic E-state index is 11.2. The van der Waals surface area contributed by atoms with Gasteiger partial charge in [0.25, 0.3) is 0 Å². The summed E-state index contributed by atoms with van der Waals surface area (Å²) < 4.78 is 22.5. The third-order valence-electron chi connectivity index (χ3n) is 3.00. The molecule has 0 aromatic carbocycles. The number of nitrogens with two attached hydrogens (primary N) is 1. The molecule has 2 atom stereocenters. The molecule has 0 radical (unpaired) electrons. The van der Waals surface area contributed by atoms with Crippen LogP contribution in [-0.2, 0) is 9.84 Å². The molecule has 78 valence electrons. The molecule has 1 saturated heterocycles. The minimum atomic E-state index is -2.74. The molecular weight excluding hydrogens is 186 g/mol. The molecule has 0 aliphatic carbocycles. The molecule has 0 saturated carbocycles. The van der Waals surface area contributed by atoms with Crippen LogP contribution in [0.25, 0.3) is 0 Å². The molecule has 0 spiro atoms. The van der Waals surface area contributed by atoms with Gasteiger partial charge in [-0.05, 0) is 30.7 Å². The highest BCUT2D eigenvalue weighted by atomic mass is 32.2. The van der Waals surface area contributed by atoms with Gasteiger partial charge in [0.2, 0.25) is 0 Å². The second-order valence-electron chi connectivity index (χ2n) is 4.31. The van der Waals surface area contributed by atoms with Crippen LogP contribution in [0.1, 0.15) is 20.3 Å². The Bertz CT molecular complexity index is 259. The van der Waals surface area contributed by atoms with Crippen molar-refractivity contribution < 1.29 is 8.42 Å². The average Bonchev–Trinajstić information content (AvgIpc) is 2.31. The van der Waals surface area contributed by atoms with Gasteiger partial charge in [-0.2, -0.15) is 0 Å². The predicted octanol–water partition coefficient (Wildman–Crippen LogP) is 0.652. The second kappa shape index (κ2) is 3.96. The van der Waals surface area contributed by atoms with Gasteiger partial charge >= 0.3 is 0 Å². The Morgan fingerprint density at radius 2 is 2.08 bits per heavy atom. The van der Waals surface area contributed by atoms with E-state index >= 15 is 0 Å². The van der Waals surface area contributed by atoms with E-state index in [1.807, 2.05) is 0 Å². The summed E-state index contributed by atoms with van der Waals surface area (Å²) in [7, 11) is -2.74. The fourth-order valence-electron chi connectivity index (χ4n) is 2.17. The first kappa shape index (κ1) is 11.0.